The minimum absolute atomic E-state index is 0.0833. The van der Waals surface area contributed by atoms with Gasteiger partial charge in [-0.05, 0) is 37.1 Å². The first kappa shape index (κ1) is 14.6. The Kier molecular flexibility index (Phi) is 4.76. The van der Waals surface area contributed by atoms with Gasteiger partial charge in [0.1, 0.15) is 0 Å². The van der Waals surface area contributed by atoms with E-state index in [4.69, 9.17) is 12.2 Å². The lowest BCUT2D eigenvalue weighted by Crippen LogP contribution is -2.32. The maximum absolute atomic E-state index is 12.4. The van der Waals surface area contributed by atoms with E-state index in [9.17, 15) is 8.42 Å². The Morgan fingerprint density at radius 2 is 2.11 bits per heavy atom. The summed E-state index contributed by atoms with van der Waals surface area (Å²) in [6.07, 6.45) is 5.94. The molecule has 2 N–H and O–H groups in total. The maximum atomic E-state index is 12.4. The topological polar surface area (TPSA) is 63.4 Å². The lowest BCUT2D eigenvalue weighted by molar-refractivity contribution is 0.445. The molecule has 0 spiro atoms. The molecule has 0 radical (unpaired) electrons. The van der Waals surface area contributed by atoms with Crippen molar-refractivity contribution in [2.45, 2.75) is 25.2 Å². The van der Waals surface area contributed by atoms with Crippen molar-refractivity contribution >= 4 is 15.7 Å². The fraction of sp³-hybridized carbons (Fsp3) is 0.385. The zero-order chi connectivity index (χ0) is 13.8. The third kappa shape index (κ3) is 3.03. The first-order valence-electron chi connectivity index (χ1n) is 5.73. The molecule has 4 nitrogen and oxygen atoms in total. The highest BCUT2D eigenvalue weighted by atomic mass is 32.2. The number of benzene rings is 1. The number of hydrogen-bond acceptors (Lipinski definition) is 3. The van der Waals surface area contributed by atoms with Gasteiger partial charge in [-0.15, -0.1) is 6.42 Å². The fourth-order valence-corrected chi connectivity index (χ4v) is 3.39. The van der Waals surface area contributed by atoms with Gasteiger partial charge in [-0.1, -0.05) is 12.8 Å². The molecule has 0 unspecified atom stereocenters. The second-order valence-electron chi connectivity index (χ2n) is 4.07. The third-order valence-electron chi connectivity index (χ3n) is 2.56. The second kappa shape index (κ2) is 5.89. The summed E-state index contributed by atoms with van der Waals surface area (Å²) in [5.41, 5.74) is 6.80. The SMILES string of the molecule is C#CCN(CCC)S(=O)(=O)c1ccc(N)cc1C. The Balaban J connectivity index is 3.22. The summed E-state index contributed by atoms with van der Waals surface area (Å²) in [5.74, 6) is 2.38. The van der Waals surface area contributed by atoms with Crippen molar-refractivity contribution < 1.29 is 8.42 Å². The normalized spacial score (nSPS) is 11.4. The van der Waals surface area contributed by atoms with Gasteiger partial charge in [-0.2, -0.15) is 4.31 Å². The molecule has 5 heteroatoms. The number of terminal acetylenes is 1. The molecule has 1 rings (SSSR count). The van der Waals surface area contributed by atoms with Gasteiger partial charge in [0.15, 0.2) is 0 Å². The largest absolute Gasteiger partial charge is 0.399 e. The van der Waals surface area contributed by atoms with Crippen molar-refractivity contribution in [1.82, 2.24) is 4.31 Å². The van der Waals surface area contributed by atoms with Crippen molar-refractivity contribution in [3.8, 4) is 12.3 Å². The van der Waals surface area contributed by atoms with Gasteiger partial charge in [-0.3, -0.25) is 0 Å². The predicted molar refractivity (Wildman–Crippen MR) is 73.5 cm³/mol. The number of nitrogens with two attached hydrogens (primary N) is 1. The standard InChI is InChI=1S/C13H18N2O2S/c1-4-8-15(9-5-2)18(16,17)13-7-6-12(14)10-11(13)3/h1,6-7,10H,5,8-9,14H2,2-3H3. The summed E-state index contributed by atoms with van der Waals surface area (Å²) in [6, 6.07) is 4.76. The first-order chi connectivity index (χ1) is 8.43. The predicted octanol–water partition coefficient (Wildman–Crippen LogP) is 1.61. The summed E-state index contributed by atoms with van der Waals surface area (Å²) in [4.78, 5) is 0.264. The van der Waals surface area contributed by atoms with Crippen LogP contribution >= 0.6 is 0 Å². The van der Waals surface area contributed by atoms with E-state index in [1.807, 2.05) is 6.92 Å². The van der Waals surface area contributed by atoms with Crippen LogP contribution in [-0.2, 0) is 10.0 Å². The molecule has 0 amide bonds. The average molecular weight is 266 g/mol. The van der Waals surface area contributed by atoms with Crippen molar-refractivity contribution in [2.75, 3.05) is 18.8 Å². The highest BCUT2D eigenvalue weighted by Gasteiger charge is 2.24. The van der Waals surface area contributed by atoms with Gasteiger partial charge in [0.25, 0.3) is 0 Å². The van der Waals surface area contributed by atoms with E-state index in [1.54, 1.807) is 19.1 Å². The van der Waals surface area contributed by atoms with E-state index in [2.05, 4.69) is 5.92 Å². The van der Waals surface area contributed by atoms with Crippen molar-refractivity contribution in [2.24, 2.45) is 0 Å². The molecule has 98 valence electrons. The lowest BCUT2D eigenvalue weighted by Gasteiger charge is -2.20. The molecule has 0 aliphatic carbocycles. The average Bonchev–Trinajstić information content (AvgIpc) is 2.28. The highest BCUT2D eigenvalue weighted by molar-refractivity contribution is 7.89. The Hall–Kier alpha value is -1.51. The first-order valence-corrected chi connectivity index (χ1v) is 7.17. The Morgan fingerprint density at radius 3 is 2.61 bits per heavy atom. The van der Waals surface area contributed by atoms with Crippen molar-refractivity contribution in [1.29, 1.82) is 0 Å². The Labute approximate surface area is 109 Å². The number of nitrogens with zero attached hydrogens (tertiary/aromatic N) is 1. The third-order valence-corrected chi connectivity index (χ3v) is 4.56. The van der Waals surface area contributed by atoms with Crippen LogP contribution in [0.2, 0.25) is 0 Å². The zero-order valence-corrected chi connectivity index (χ0v) is 11.5. The van der Waals surface area contributed by atoms with Gasteiger partial charge in [0, 0.05) is 12.2 Å². The monoisotopic (exact) mass is 266 g/mol. The second-order valence-corrected chi connectivity index (χ2v) is 5.97. The van der Waals surface area contributed by atoms with Crippen LogP contribution in [0.3, 0.4) is 0 Å². The van der Waals surface area contributed by atoms with Crippen LogP contribution in [0, 0.1) is 19.3 Å². The minimum Gasteiger partial charge on any atom is -0.399 e. The molecule has 0 aromatic heterocycles. The van der Waals surface area contributed by atoms with Gasteiger partial charge < -0.3 is 5.73 Å². The molecule has 0 heterocycles. The lowest BCUT2D eigenvalue weighted by atomic mass is 10.2. The molecular weight excluding hydrogens is 248 g/mol. The molecule has 0 atom stereocenters. The smallest absolute Gasteiger partial charge is 0.244 e. The van der Waals surface area contributed by atoms with Crippen LogP contribution in [-0.4, -0.2) is 25.8 Å². The van der Waals surface area contributed by atoms with Crippen LogP contribution < -0.4 is 5.73 Å². The van der Waals surface area contributed by atoms with Gasteiger partial charge in [0.2, 0.25) is 10.0 Å². The fourth-order valence-electron chi connectivity index (χ4n) is 1.74. The molecular formula is C13H18N2O2S. The van der Waals surface area contributed by atoms with Crippen LogP contribution in [0.4, 0.5) is 5.69 Å². The number of aryl methyl sites for hydroxylation is 1. The Morgan fingerprint density at radius 1 is 1.44 bits per heavy atom. The molecule has 0 saturated carbocycles. The number of sulfonamides is 1. The van der Waals surface area contributed by atoms with Gasteiger partial charge in [0.05, 0.1) is 11.4 Å². The summed E-state index contributed by atoms with van der Waals surface area (Å²) in [7, 11) is -3.54. The molecule has 0 fully saturated rings. The number of nitrogen functional groups attached to an aromatic ring is 1. The van der Waals surface area contributed by atoms with E-state index in [0.717, 1.165) is 6.42 Å². The minimum atomic E-state index is -3.54. The van der Waals surface area contributed by atoms with E-state index in [-0.39, 0.29) is 11.4 Å². The van der Waals surface area contributed by atoms with Gasteiger partial charge in [-0.25, -0.2) is 8.42 Å². The maximum Gasteiger partial charge on any atom is 0.244 e. The molecule has 1 aromatic carbocycles. The molecule has 18 heavy (non-hydrogen) atoms. The summed E-state index contributed by atoms with van der Waals surface area (Å²) in [5, 5.41) is 0. The summed E-state index contributed by atoms with van der Waals surface area (Å²) in [6.45, 7) is 4.13. The quantitative estimate of drug-likeness (QED) is 0.650. The van der Waals surface area contributed by atoms with Crippen LogP contribution in [0.1, 0.15) is 18.9 Å². The summed E-state index contributed by atoms with van der Waals surface area (Å²) >= 11 is 0. The van der Waals surface area contributed by atoms with Crippen molar-refractivity contribution in [3.63, 3.8) is 0 Å². The number of rotatable bonds is 5. The molecule has 0 aliphatic heterocycles. The molecule has 0 saturated heterocycles. The van der Waals surface area contributed by atoms with Crippen molar-refractivity contribution in [3.05, 3.63) is 23.8 Å². The molecule has 0 bridgehead atoms. The van der Waals surface area contributed by atoms with Gasteiger partial charge >= 0.3 is 0 Å². The highest BCUT2D eigenvalue weighted by Crippen LogP contribution is 2.21. The molecule has 0 aliphatic rings. The van der Waals surface area contributed by atoms with Crippen LogP contribution in [0.5, 0.6) is 0 Å². The van der Waals surface area contributed by atoms with E-state index >= 15 is 0 Å². The molecule has 1 aromatic rings. The Bertz CT molecular complexity index is 559. The van der Waals surface area contributed by atoms with Crippen LogP contribution in [0.25, 0.3) is 0 Å². The zero-order valence-electron chi connectivity index (χ0n) is 10.7. The van der Waals surface area contributed by atoms with Crippen LogP contribution in [0.15, 0.2) is 23.1 Å². The van der Waals surface area contributed by atoms with E-state index in [1.165, 1.54) is 10.4 Å². The summed E-state index contributed by atoms with van der Waals surface area (Å²) < 4.78 is 26.2. The number of anilines is 1. The van der Waals surface area contributed by atoms with E-state index < -0.39 is 10.0 Å². The number of hydrogen-bond donors (Lipinski definition) is 1. The van der Waals surface area contributed by atoms with E-state index in [0.29, 0.717) is 17.8 Å².